The largest absolute Gasteiger partial charge is 0.454 e. The average Bonchev–Trinajstić information content (AvgIpc) is 2.96. The molecule has 0 aliphatic carbocycles. The highest BCUT2D eigenvalue weighted by Gasteiger charge is 2.29. The van der Waals surface area contributed by atoms with Crippen LogP contribution in [-0.4, -0.2) is 30.8 Å². The van der Waals surface area contributed by atoms with Gasteiger partial charge in [0.25, 0.3) is 0 Å². The third-order valence-corrected chi connectivity index (χ3v) is 4.55. The summed E-state index contributed by atoms with van der Waals surface area (Å²) >= 11 is 0. The first-order valence-electron chi connectivity index (χ1n) is 7.69. The molecule has 1 fully saturated rings. The first-order valence-corrected chi connectivity index (χ1v) is 7.69. The molecule has 0 amide bonds. The van der Waals surface area contributed by atoms with Crippen molar-refractivity contribution in [2.45, 2.75) is 44.7 Å². The Morgan fingerprint density at radius 1 is 1.30 bits per heavy atom. The van der Waals surface area contributed by atoms with Crippen LogP contribution in [0.25, 0.3) is 0 Å². The van der Waals surface area contributed by atoms with Gasteiger partial charge in [-0.3, -0.25) is 4.90 Å². The molecule has 3 rings (SSSR count). The van der Waals surface area contributed by atoms with Crippen LogP contribution >= 0.6 is 0 Å². The van der Waals surface area contributed by atoms with Gasteiger partial charge in [-0.25, -0.2) is 0 Å². The van der Waals surface area contributed by atoms with Crippen LogP contribution in [-0.2, 0) is 0 Å². The van der Waals surface area contributed by atoms with Gasteiger partial charge in [0, 0.05) is 18.6 Å². The van der Waals surface area contributed by atoms with Crippen molar-refractivity contribution in [1.29, 1.82) is 0 Å². The molecule has 2 atom stereocenters. The first-order chi connectivity index (χ1) is 9.83. The quantitative estimate of drug-likeness (QED) is 0.918. The Morgan fingerprint density at radius 2 is 2.15 bits per heavy atom. The van der Waals surface area contributed by atoms with Crippen molar-refractivity contribution >= 4 is 0 Å². The molecule has 0 saturated carbocycles. The molecule has 2 aliphatic heterocycles. The van der Waals surface area contributed by atoms with Crippen LogP contribution in [0.15, 0.2) is 18.2 Å². The summed E-state index contributed by atoms with van der Waals surface area (Å²) in [5, 5.41) is 0. The zero-order chi connectivity index (χ0) is 13.9. The second-order valence-electron chi connectivity index (χ2n) is 5.66. The third kappa shape index (κ3) is 2.50. The van der Waals surface area contributed by atoms with E-state index in [0.717, 1.165) is 18.0 Å². The van der Waals surface area contributed by atoms with E-state index < -0.39 is 0 Å². The molecular formula is C16H24N2O2. The van der Waals surface area contributed by atoms with Crippen molar-refractivity contribution in [1.82, 2.24) is 4.90 Å². The highest BCUT2D eigenvalue weighted by atomic mass is 16.7. The van der Waals surface area contributed by atoms with Gasteiger partial charge >= 0.3 is 0 Å². The van der Waals surface area contributed by atoms with Gasteiger partial charge in [-0.1, -0.05) is 19.4 Å². The van der Waals surface area contributed by atoms with Crippen molar-refractivity contribution < 1.29 is 9.47 Å². The molecular weight excluding hydrogens is 252 g/mol. The second-order valence-corrected chi connectivity index (χ2v) is 5.66. The summed E-state index contributed by atoms with van der Waals surface area (Å²) in [5.74, 6) is 1.70. The molecule has 1 aromatic carbocycles. The van der Waals surface area contributed by atoms with Crippen molar-refractivity contribution in [3.05, 3.63) is 23.8 Å². The number of fused-ring (bicyclic) bond motifs is 1. The smallest absolute Gasteiger partial charge is 0.231 e. The summed E-state index contributed by atoms with van der Waals surface area (Å²) in [6.07, 6.45) is 5.10. The molecule has 0 radical (unpaired) electrons. The van der Waals surface area contributed by atoms with Crippen LogP contribution < -0.4 is 15.2 Å². The number of benzene rings is 1. The molecule has 0 aromatic heterocycles. The zero-order valence-corrected chi connectivity index (χ0v) is 12.2. The Bertz CT molecular complexity index is 464. The SMILES string of the molecule is CCC1CCCCN1C(CN)c1ccc2c(c1)OCO2. The van der Waals surface area contributed by atoms with E-state index in [1.807, 2.05) is 6.07 Å². The van der Waals surface area contributed by atoms with E-state index in [4.69, 9.17) is 15.2 Å². The summed E-state index contributed by atoms with van der Waals surface area (Å²) in [4.78, 5) is 2.58. The first kappa shape index (κ1) is 13.7. The van der Waals surface area contributed by atoms with Crippen LogP contribution in [0, 0.1) is 0 Å². The molecule has 4 nitrogen and oxygen atoms in total. The molecule has 2 aliphatic rings. The standard InChI is InChI=1S/C16H24N2O2/c1-2-13-5-3-4-8-18(13)14(10-17)12-6-7-15-16(9-12)20-11-19-15/h6-7,9,13-14H,2-5,8,10-11,17H2,1H3. The number of nitrogens with zero attached hydrogens (tertiary/aromatic N) is 1. The molecule has 4 heteroatoms. The topological polar surface area (TPSA) is 47.7 Å². The molecule has 0 bridgehead atoms. The second kappa shape index (κ2) is 6.02. The molecule has 0 spiro atoms. The monoisotopic (exact) mass is 276 g/mol. The van der Waals surface area contributed by atoms with Crippen LogP contribution in [0.2, 0.25) is 0 Å². The normalized spacial score (nSPS) is 23.8. The van der Waals surface area contributed by atoms with E-state index in [-0.39, 0.29) is 6.04 Å². The number of hydrogen-bond donors (Lipinski definition) is 1. The lowest BCUT2D eigenvalue weighted by Crippen LogP contribution is -2.44. The fraction of sp³-hybridized carbons (Fsp3) is 0.625. The lowest BCUT2D eigenvalue weighted by atomic mass is 9.94. The van der Waals surface area contributed by atoms with Crippen LogP contribution in [0.1, 0.15) is 44.2 Å². The maximum absolute atomic E-state index is 6.08. The Morgan fingerprint density at radius 3 is 2.95 bits per heavy atom. The van der Waals surface area contributed by atoms with Gasteiger partial charge in [-0.05, 0) is 43.5 Å². The molecule has 110 valence electrons. The number of hydrogen-bond acceptors (Lipinski definition) is 4. The van der Waals surface area contributed by atoms with Crippen molar-refractivity contribution in [3.8, 4) is 11.5 Å². The number of nitrogens with two attached hydrogens (primary N) is 1. The predicted molar refractivity (Wildman–Crippen MR) is 79.0 cm³/mol. The minimum atomic E-state index is 0.287. The maximum atomic E-state index is 6.08. The maximum Gasteiger partial charge on any atom is 0.231 e. The highest BCUT2D eigenvalue weighted by molar-refractivity contribution is 5.45. The van der Waals surface area contributed by atoms with Crippen molar-refractivity contribution in [2.24, 2.45) is 5.73 Å². The van der Waals surface area contributed by atoms with Gasteiger partial charge in [0.05, 0.1) is 0 Å². The number of likely N-dealkylation sites (tertiary alicyclic amines) is 1. The van der Waals surface area contributed by atoms with E-state index in [9.17, 15) is 0 Å². The van der Waals surface area contributed by atoms with E-state index in [2.05, 4.69) is 24.0 Å². The minimum absolute atomic E-state index is 0.287. The Hall–Kier alpha value is -1.26. The van der Waals surface area contributed by atoms with E-state index in [0.29, 0.717) is 19.4 Å². The van der Waals surface area contributed by atoms with E-state index >= 15 is 0 Å². The summed E-state index contributed by atoms with van der Waals surface area (Å²) in [5.41, 5.74) is 7.33. The Labute approximate surface area is 120 Å². The molecule has 2 N–H and O–H groups in total. The van der Waals surface area contributed by atoms with Gasteiger partial charge in [0.15, 0.2) is 11.5 Å². The predicted octanol–water partition coefficient (Wildman–Crippen LogP) is 2.68. The van der Waals surface area contributed by atoms with Crippen molar-refractivity contribution in [3.63, 3.8) is 0 Å². The van der Waals surface area contributed by atoms with Gasteiger partial charge in [-0.15, -0.1) is 0 Å². The third-order valence-electron chi connectivity index (χ3n) is 4.55. The fourth-order valence-corrected chi connectivity index (χ4v) is 3.46. The number of rotatable bonds is 4. The number of piperidine rings is 1. The summed E-state index contributed by atoms with van der Waals surface area (Å²) in [7, 11) is 0. The minimum Gasteiger partial charge on any atom is -0.454 e. The van der Waals surface area contributed by atoms with Gasteiger partial charge < -0.3 is 15.2 Å². The molecule has 1 saturated heterocycles. The average molecular weight is 276 g/mol. The molecule has 2 unspecified atom stereocenters. The number of ether oxygens (including phenoxy) is 2. The van der Waals surface area contributed by atoms with E-state index in [1.54, 1.807) is 0 Å². The fourth-order valence-electron chi connectivity index (χ4n) is 3.46. The summed E-state index contributed by atoms with van der Waals surface area (Å²) in [6.45, 7) is 4.40. The van der Waals surface area contributed by atoms with E-state index in [1.165, 1.54) is 31.2 Å². The Balaban J connectivity index is 1.85. The lowest BCUT2D eigenvalue weighted by Gasteiger charge is -2.40. The van der Waals surface area contributed by atoms with Crippen molar-refractivity contribution in [2.75, 3.05) is 19.9 Å². The van der Waals surface area contributed by atoms with Crippen LogP contribution in [0.4, 0.5) is 0 Å². The molecule has 20 heavy (non-hydrogen) atoms. The summed E-state index contributed by atoms with van der Waals surface area (Å²) in [6, 6.07) is 7.18. The van der Waals surface area contributed by atoms with Gasteiger partial charge in [0.1, 0.15) is 0 Å². The highest BCUT2D eigenvalue weighted by Crippen LogP contribution is 2.37. The van der Waals surface area contributed by atoms with Gasteiger partial charge in [0.2, 0.25) is 6.79 Å². The van der Waals surface area contributed by atoms with Crippen LogP contribution in [0.3, 0.4) is 0 Å². The Kier molecular flexibility index (Phi) is 4.13. The zero-order valence-electron chi connectivity index (χ0n) is 12.2. The molecule has 2 heterocycles. The molecule has 1 aromatic rings. The van der Waals surface area contributed by atoms with Crippen LogP contribution in [0.5, 0.6) is 11.5 Å². The lowest BCUT2D eigenvalue weighted by molar-refractivity contribution is 0.0948. The summed E-state index contributed by atoms with van der Waals surface area (Å²) < 4.78 is 10.9. The van der Waals surface area contributed by atoms with Gasteiger partial charge in [-0.2, -0.15) is 0 Å².